The van der Waals surface area contributed by atoms with E-state index in [-0.39, 0.29) is 11.5 Å². The van der Waals surface area contributed by atoms with Gasteiger partial charge in [0, 0.05) is 17.7 Å². The SMILES string of the molecule is CSC=CC(=O)c1cccc([N+](=O)[O-])c1. The summed E-state index contributed by atoms with van der Waals surface area (Å²) in [4.78, 5) is 21.4. The van der Waals surface area contributed by atoms with Gasteiger partial charge in [0.15, 0.2) is 5.78 Å². The Morgan fingerprint density at radius 1 is 1.53 bits per heavy atom. The second-order valence-corrected chi connectivity index (χ2v) is 3.45. The Bertz CT molecular complexity index is 415. The number of hydrogen-bond donors (Lipinski definition) is 0. The first-order valence-electron chi connectivity index (χ1n) is 4.13. The van der Waals surface area contributed by atoms with Crippen LogP contribution in [0, 0.1) is 10.1 Å². The molecular weight excluding hydrogens is 214 g/mol. The lowest BCUT2D eigenvalue weighted by atomic mass is 10.1. The molecule has 0 N–H and O–H groups in total. The molecule has 0 saturated heterocycles. The van der Waals surface area contributed by atoms with Gasteiger partial charge in [0.05, 0.1) is 4.92 Å². The molecule has 0 saturated carbocycles. The van der Waals surface area contributed by atoms with Gasteiger partial charge in [-0.05, 0) is 17.7 Å². The van der Waals surface area contributed by atoms with E-state index in [0.717, 1.165) is 0 Å². The maximum absolute atomic E-state index is 11.5. The summed E-state index contributed by atoms with van der Waals surface area (Å²) < 4.78 is 0. The summed E-state index contributed by atoms with van der Waals surface area (Å²) in [5, 5.41) is 12.1. The van der Waals surface area contributed by atoms with Gasteiger partial charge in [-0.2, -0.15) is 0 Å². The fraction of sp³-hybridized carbons (Fsp3) is 0.100. The topological polar surface area (TPSA) is 60.2 Å². The summed E-state index contributed by atoms with van der Waals surface area (Å²) in [6, 6.07) is 5.68. The molecule has 15 heavy (non-hydrogen) atoms. The molecule has 0 aliphatic rings. The highest BCUT2D eigenvalue weighted by Gasteiger charge is 2.08. The molecule has 0 aliphatic carbocycles. The van der Waals surface area contributed by atoms with Crippen molar-refractivity contribution in [2.45, 2.75) is 0 Å². The number of allylic oxidation sites excluding steroid dienone is 1. The molecule has 1 rings (SSSR count). The van der Waals surface area contributed by atoms with Crippen LogP contribution in [0.2, 0.25) is 0 Å². The molecule has 4 nitrogen and oxygen atoms in total. The minimum absolute atomic E-state index is 0.0709. The number of carbonyl (C=O) groups is 1. The van der Waals surface area contributed by atoms with Gasteiger partial charge in [-0.25, -0.2) is 0 Å². The van der Waals surface area contributed by atoms with Gasteiger partial charge < -0.3 is 0 Å². The number of carbonyl (C=O) groups excluding carboxylic acids is 1. The molecular formula is C10H9NO3S. The number of hydrogen-bond acceptors (Lipinski definition) is 4. The van der Waals surface area contributed by atoms with Crippen LogP contribution < -0.4 is 0 Å². The summed E-state index contributed by atoms with van der Waals surface area (Å²) in [6.07, 6.45) is 3.22. The third-order valence-electron chi connectivity index (χ3n) is 1.70. The number of thioether (sulfide) groups is 1. The van der Waals surface area contributed by atoms with Crippen LogP contribution in [-0.2, 0) is 0 Å². The zero-order valence-electron chi connectivity index (χ0n) is 8.04. The molecule has 0 radical (unpaired) electrons. The van der Waals surface area contributed by atoms with E-state index in [4.69, 9.17) is 0 Å². The van der Waals surface area contributed by atoms with Gasteiger partial charge in [-0.3, -0.25) is 14.9 Å². The summed E-state index contributed by atoms with van der Waals surface area (Å²) in [5.74, 6) is -0.229. The Morgan fingerprint density at radius 2 is 2.27 bits per heavy atom. The molecule has 0 fully saturated rings. The van der Waals surface area contributed by atoms with Crippen molar-refractivity contribution >= 4 is 23.2 Å². The first kappa shape index (κ1) is 11.5. The minimum Gasteiger partial charge on any atom is -0.289 e. The maximum Gasteiger partial charge on any atom is 0.270 e. The third-order valence-corrected chi connectivity index (χ3v) is 2.11. The van der Waals surface area contributed by atoms with Crippen LogP contribution in [0.3, 0.4) is 0 Å². The van der Waals surface area contributed by atoms with E-state index in [1.807, 2.05) is 6.26 Å². The summed E-state index contributed by atoms with van der Waals surface area (Å²) in [6.45, 7) is 0. The van der Waals surface area contributed by atoms with Gasteiger partial charge >= 0.3 is 0 Å². The van der Waals surface area contributed by atoms with E-state index in [2.05, 4.69) is 0 Å². The molecule has 0 unspecified atom stereocenters. The van der Waals surface area contributed by atoms with E-state index in [1.54, 1.807) is 11.5 Å². The Morgan fingerprint density at radius 3 is 2.87 bits per heavy atom. The number of nitro groups is 1. The number of ketones is 1. The molecule has 0 atom stereocenters. The van der Waals surface area contributed by atoms with E-state index in [9.17, 15) is 14.9 Å². The fourth-order valence-electron chi connectivity index (χ4n) is 0.999. The van der Waals surface area contributed by atoms with E-state index in [0.29, 0.717) is 5.56 Å². The largest absolute Gasteiger partial charge is 0.289 e. The highest BCUT2D eigenvalue weighted by atomic mass is 32.2. The van der Waals surface area contributed by atoms with Crippen LogP contribution in [0.25, 0.3) is 0 Å². The average Bonchev–Trinajstić information content (AvgIpc) is 2.26. The number of non-ortho nitro benzene ring substituents is 1. The van der Waals surface area contributed by atoms with Crippen LogP contribution in [0.15, 0.2) is 35.7 Å². The van der Waals surface area contributed by atoms with Gasteiger partial charge in [0.2, 0.25) is 0 Å². The van der Waals surface area contributed by atoms with E-state index < -0.39 is 4.92 Å². The van der Waals surface area contributed by atoms with Crippen LogP contribution in [-0.4, -0.2) is 17.0 Å². The quantitative estimate of drug-likeness (QED) is 0.341. The lowest BCUT2D eigenvalue weighted by molar-refractivity contribution is -0.384. The van der Waals surface area contributed by atoms with Crippen LogP contribution >= 0.6 is 11.8 Å². The van der Waals surface area contributed by atoms with Crippen molar-refractivity contribution in [3.05, 3.63) is 51.4 Å². The Kier molecular flexibility index (Phi) is 4.05. The maximum atomic E-state index is 11.5. The van der Waals surface area contributed by atoms with E-state index >= 15 is 0 Å². The molecule has 0 aromatic heterocycles. The summed E-state index contributed by atoms with van der Waals surface area (Å²) in [7, 11) is 0. The first-order valence-corrected chi connectivity index (χ1v) is 5.42. The van der Waals surface area contributed by atoms with Gasteiger partial charge in [-0.15, -0.1) is 11.8 Å². The zero-order valence-corrected chi connectivity index (χ0v) is 8.86. The first-order chi connectivity index (χ1) is 7.15. The highest BCUT2D eigenvalue weighted by Crippen LogP contribution is 2.14. The second-order valence-electron chi connectivity index (χ2n) is 2.71. The van der Waals surface area contributed by atoms with Crippen LogP contribution in [0.1, 0.15) is 10.4 Å². The van der Waals surface area contributed by atoms with Crippen LogP contribution in [0.5, 0.6) is 0 Å². The van der Waals surface area contributed by atoms with Crippen molar-refractivity contribution < 1.29 is 9.72 Å². The molecule has 0 amide bonds. The van der Waals surface area contributed by atoms with Crippen LogP contribution in [0.4, 0.5) is 5.69 Å². The normalized spacial score (nSPS) is 10.5. The molecule has 0 spiro atoms. The molecule has 1 aromatic rings. The Balaban J connectivity index is 2.95. The smallest absolute Gasteiger partial charge is 0.270 e. The molecule has 78 valence electrons. The molecule has 0 bridgehead atoms. The summed E-state index contributed by atoms with van der Waals surface area (Å²) >= 11 is 1.40. The molecule has 0 heterocycles. The zero-order chi connectivity index (χ0) is 11.3. The van der Waals surface area contributed by atoms with Crippen molar-refractivity contribution in [2.24, 2.45) is 0 Å². The average molecular weight is 223 g/mol. The van der Waals surface area contributed by atoms with Crippen molar-refractivity contribution in [2.75, 3.05) is 6.26 Å². The van der Waals surface area contributed by atoms with Gasteiger partial charge in [0.1, 0.15) is 0 Å². The van der Waals surface area contributed by atoms with Crippen molar-refractivity contribution in [1.82, 2.24) is 0 Å². The van der Waals surface area contributed by atoms with Crippen molar-refractivity contribution in [1.29, 1.82) is 0 Å². The predicted octanol–water partition coefficient (Wildman–Crippen LogP) is 2.65. The predicted molar refractivity (Wildman–Crippen MR) is 60.1 cm³/mol. The standard InChI is InChI=1S/C10H9NO3S/c1-15-6-5-10(12)8-3-2-4-9(7-8)11(13)14/h2-7H,1H3. The third kappa shape index (κ3) is 3.21. The second kappa shape index (κ2) is 5.31. The molecule has 0 aliphatic heterocycles. The fourth-order valence-corrected chi connectivity index (χ4v) is 1.26. The lowest BCUT2D eigenvalue weighted by Gasteiger charge is -1.95. The van der Waals surface area contributed by atoms with Gasteiger partial charge in [-0.1, -0.05) is 12.1 Å². The summed E-state index contributed by atoms with van der Waals surface area (Å²) in [5.41, 5.74) is 0.257. The van der Waals surface area contributed by atoms with E-state index in [1.165, 1.54) is 36.0 Å². The molecule has 5 heteroatoms. The monoisotopic (exact) mass is 223 g/mol. The van der Waals surface area contributed by atoms with Crippen molar-refractivity contribution in [3.8, 4) is 0 Å². The number of nitro benzene ring substituents is 1. The lowest BCUT2D eigenvalue weighted by Crippen LogP contribution is -1.96. The number of benzene rings is 1. The Labute approximate surface area is 91.1 Å². The Hall–Kier alpha value is -1.62. The highest BCUT2D eigenvalue weighted by molar-refractivity contribution is 8.01. The minimum atomic E-state index is -0.519. The van der Waals surface area contributed by atoms with Crippen molar-refractivity contribution in [3.63, 3.8) is 0 Å². The number of rotatable bonds is 4. The molecule has 1 aromatic carbocycles. The van der Waals surface area contributed by atoms with Gasteiger partial charge in [0.25, 0.3) is 5.69 Å². The number of nitrogens with zero attached hydrogens (tertiary/aromatic N) is 1.